The van der Waals surface area contributed by atoms with Crippen LogP contribution >= 0.6 is 0 Å². The Hall–Kier alpha value is -0.520. The largest absolute Gasteiger partial charge is 0.388 e. The molecule has 0 aliphatic rings. The second-order valence-corrected chi connectivity index (χ2v) is 3.52. The van der Waals surface area contributed by atoms with E-state index in [0.29, 0.717) is 13.0 Å². The van der Waals surface area contributed by atoms with Crippen LogP contribution in [-0.2, 0) is 0 Å². The highest BCUT2D eigenvalue weighted by Gasteiger charge is 2.28. The molecule has 0 aliphatic carbocycles. The van der Waals surface area contributed by atoms with E-state index in [2.05, 4.69) is 5.92 Å². The van der Waals surface area contributed by atoms with Crippen molar-refractivity contribution < 1.29 is 5.11 Å². The lowest BCUT2D eigenvalue weighted by Crippen LogP contribution is -2.42. The zero-order valence-corrected chi connectivity index (χ0v) is 8.01. The van der Waals surface area contributed by atoms with E-state index in [1.54, 1.807) is 0 Å². The molecular weight excluding hydrogens is 150 g/mol. The Labute approximate surface area is 75.2 Å². The van der Waals surface area contributed by atoms with E-state index >= 15 is 0 Å². The third-order valence-electron chi connectivity index (χ3n) is 2.36. The summed E-state index contributed by atoms with van der Waals surface area (Å²) in [5.41, 5.74) is 4.76. The average molecular weight is 169 g/mol. The minimum absolute atomic E-state index is 0.195. The van der Waals surface area contributed by atoms with Gasteiger partial charge in [-0.3, -0.25) is 0 Å². The Morgan fingerprint density at radius 1 is 1.58 bits per heavy atom. The summed E-state index contributed by atoms with van der Waals surface area (Å²) >= 11 is 0. The highest BCUT2D eigenvalue weighted by molar-refractivity contribution is 4.87. The van der Waals surface area contributed by atoms with Crippen molar-refractivity contribution in [1.82, 2.24) is 0 Å². The van der Waals surface area contributed by atoms with Crippen molar-refractivity contribution in [3.63, 3.8) is 0 Å². The molecule has 1 atom stereocenters. The van der Waals surface area contributed by atoms with Gasteiger partial charge in [0.15, 0.2) is 0 Å². The maximum atomic E-state index is 9.93. The molecule has 2 heteroatoms. The van der Waals surface area contributed by atoms with Gasteiger partial charge >= 0.3 is 0 Å². The van der Waals surface area contributed by atoms with Crippen LogP contribution in [0.3, 0.4) is 0 Å². The number of unbranched alkanes of at least 4 members (excludes halogenated alkanes) is 1. The number of hydrogen-bond acceptors (Lipinski definition) is 2. The summed E-state index contributed by atoms with van der Waals surface area (Å²) in [6.45, 7) is 4.26. The first kappa shape index (κ1) is 11.5. The van der Waals surface area contributed by atoms with E-state index in [-0.39, 0.29) is 5.92 Å². The van der Waals surface area contributed by atoms with Gasteiger partial charge in [-0.05, 0) is 18.8 Å². The van der Waals surface area contributed by atoms with Gasteiger partial charge in [-0.2, -0.15) is 0 Å². The molecule has 12 heavy (non-hydrogen) atoms. The monoisotopic (exact) mass is 169 g/mol. The molecule has 3 N–H and O–H groups in total. The van der Waals surface area contributed by atoms with Crippen molar-refractivity contribution in [3.05, 3.63) is 0 Å². The van der Waals surface area contributed by atoms with E-state index in [9.17, 15) is 5.11 Å². The highest BCUT2D eigenvalue weighted by atomic mass is 16.3. The first-order chi connectivity index (χ1) is 5.56. The average Bonchev–Trinajstić information content (AvgIpc) is 2.04. The van der Waals surface area contributed by atoms with Crippen LogP contribution < -0.4 is 5.73 Å². The first-order valence-corrected chi connectivity index (χ1v) is 4.42. The van der Waals surface area contributed by atoms with Gasteiger partial charge in [0, 0.05) is 13.0 Å². The fourth-order valence-electron chi connectivity index (χ4n) is 1.12. The molecule has 0 saturated heterocycles. The van der Waals surface area contributed by atoms with E-state index in [1.165, 1.54) is 0 Å². The van der Waals surface area contributed by atoms with Crippen LogP contribution in [0.4, 0.5) is 0 Å². The summed E-state index contributed by atoms with van der Waals surface area (Å²) in [5, 5.41) is 9.93. The molecule has 0 spiro atoms. The van der Waals surface area contributed by atoms with E-state index < -0.39 is 5.60 Å². The van der Waals surface area contributed by atoms with E-state index in [4.69, 9.17) is 12.2 Å². The summed E-state index contributed by atoms with van der Waals surface area (Å²) in [4.78, 5) is 0. The molecule has 0 aromatic rings. The molecule has 0 radical (unpaired) electrons. The molecule has 0 aliphatic heterocycles. The Bertz CT molecular complexity index is 160. The maximum Gasteiger partial charge on any atom is 0.0792 e. The lowest BCUT2D eigenvalue weighted by atomic mass is 9.85. The topological polar surface area (TPSA) is 46.2 Å². The molecule has 0 fully saturated rings. The minimum Gasteiger partial charge on any atom is -0.388 e. The predicted molar refractivity (Wildman–Crippen MR) is 51.5 cm³/mol. The Balaban J connectivity index is 3.90. The molecule has 2 nitrogen and oxygen atoms in total. The number of aliphatic hydroxyl groups is 1. The quantitative estimate of drug-likeness (QED) is 0.479. The van der Waals surface area contributed by atoms with Crippen LogP contribution in [0.15, 0.2) is 0 Å². The van der Waals surface area contributed by atoms with Crippen molar-refractivity contribution in [2.45, 2.75) is 38.7 Å². The van der Waals surface area contributed by atoms with Crippen molar-refractivity contribution in [2.75, 3.05) is 6.54 Å². The van der Waals surface area contributed by atoms with Crippen molar-refractivity contribution >= 4 is 0 Å². The Kier molecular flexibility index (Phi) is 4.96. The van der Waals surface area contributed by atoms with Crippen LogP contribution in [0, 0.1) is 18.3 Å². The highest BCUT2D eigenvalue weighted by Crippen LogP contribution is 2.21. The van der Waals surface area contributed by atoms with Crippen LogP contribution in [0.25, 0.3) is 0 Å². The van der Waals surface area contributed by atoms with Gasteiger partial charge in [-0.1, -0.05) is 13.8 Å². The van der Waals surface area contributed by atoms with Crippen LogP contribution in [0.1, 0.15) is 33.1 Å². The zero-order valence-electron chi connectivity index (χ0n) is 8.01. The predicted octanol–water partition coefficient (Wildman–Crippen LogP) is 1.14. The van der Waals surface area contributed by atoms with Gasteiger partial charge < -0.3 is 10.8 Å². The molecule has 1 unspecified atom stereocenters. The smallest absolute Gasteiger partial charge is 0.0792 e. The summed E-state index contributed by atoms with van der Waals surface area (Å²) in [7, 11) is 0. The third kappa shape index (κ3) is 3.25. The molecule has 0 rings (SSSR count). The third-order valence-corrected chi connectivity index (χ3v) is 2.36. The molecular formula is C10H19NO. The van der Waals surface area contributed by atoms with Crippen LogP contribution in [0.5, 0.6) is 0 Å². The van der Waals surface area contributed by atoms with Gasteiger partial charge in [0.1, 0.15) is 0 Å². The Morgan fingerprint density at radius 2 is 2.17 bits per heavy atom. The second-order valence-electron chi connectivity index (χ2n) is 3.52. The fourth-order valence-corrected chi connectivity index (χ4v) is 1.12. The zero-order chi connectivity index (χ0) is 9.61. The fraction of sp³-hybridized carbons (Fsp3) is 0.800. The standard InChI is InChI=1S/C10H19NO/c1-4-5-6-7-10(12,8-11)9(2)3/h1,9,12H,5-8,11H2,2-3H3. The second kappa shape index (κ2) is 5.18. The summed E-state index contributed by atoms with van der Waals surface area (Å²) in [6, 6.07) is 0. The van der Waals surface area contributed by atoms with Gasteiger partial charge in [-0.15, -0.1) is 12.3 Å². The normalized spacial score (nSPS) is 15.7. The van der Waals surface area contributed by atoms with Gasteiger partial charge in [0.05, 0.1) is 5.60 Å². The molecule has 0 amide bonds. The number of hydrogen-bond donors (Lipinski definition) is 2. The lowest BCUT2D eigenvalue weighted by Gasteiger charge is -2.30. The van der Waals surface area contributed by atoms with Crippen LogP contribution in [0.2, 0.25) is 0 Å². The first-order valence-electron chi connectivity index (χ1n) is 4.42. The summed E-state index contributed by atoms with van der Waals surface area (Å²) in [6.07, 6.45) is 7.38. The van der Waals surface area contributed by atoms with Crippen molar-refractivity contribution in [3.8, 4) is 12.3 Å². The van der Waals surface area contributed by atoms with Crippen molar-refractivity contribution in [1.29, 1.82) is 0 Å². The Morgan fingerprint density at radius 3 is 2.50 bits per heavy atom. The van der Waals surface area contributed by atoms with Gasteiger partial charge in [0.2, 0.25) is 0 Å². The molecule has 0 aromatic carbocycles. The number of nitrogens with two attached hydrogens (primary N) is 1. The van der Waals surface area contributed by atoms with Crippen LogP contribution in [-0.4, -0.2) is 17.3 Å². The summed E-state index contributed by atoms with van der Waals surface area (Å²) in [5.74, 6) is 2.75. The number of terminal acetylenes is 1. The lowest BCUT2D eigenvalue weighted by molar-refractivity contribution is -0.00561. The molecule has 0 heterocycles. The molecule has 70 valence electrons. The minimum atomic E-state index is -0.725. The van der Waals surface area contributed by atoms with E-state index in [0.717, 1.165) is 12.8 Å². The molecule has 0 aromatic heterocycles. The maximum absolute atomic E-state index is 9.93. The van der Waals surface area contributed by atoms with Gasteiger partial charge in [0.25, 0.3) is 0 Å². The molecule has 0 saturated carbocycles. The number of rotatable bonds is 5. The van der Waals surface area contributed by atoms with Crippen molar-refractivity contribution in [2.24, 2.45) is 11.7 Å². The molecule has 0 bridgehead atoms. The SMILES string of the molecule is C#CCCCC(O)(CN)C(C)C. The van der Waals surface area contributed by atoms with Gasteiger partial charge in [-0.25, -0.2) is 0 Å². The summed E-state index contributed by atoms with van der Waals surface area (Å²) < 4.78 is 0. The van der Waals surface area contributed by atoms with E-state index in [1.807, 2.05) is 13.8 Å².